The largest absolute Gasteiger partial charge is 0.333 e. The average molecular weight is 296 g/mol. The molecule has 1 amide bonds. The molecule has 2 heterocycles. The molecule has 1 fully saturated rings. The quantitative estimate of drug-likeness (QED) is 0.908. The van der Waals surface area contributed by atoms with E-state index in [4.69, 9.17) is 5.73 Å². The van der Waals surface area contributed by atoms with Gasteiger partial charge in [0.1, 0.15) is 4.88 Å². The van der Waals surface area contributed by atoms with Crippen molar-refractivity contribution in [3.8, 4) is 0 Å². The molecule has 0 saturated carbocycles. The van der Waals surface area contributed by atoms with Crippen LogP contribution in [-0.2, 0) is 5.41 Å². The molecule has 1 aliphatic rings. The van der Waals surface area contributed by atoms with Crippen LogP contribution in [0.25, 0.3) is 0 Å². The van der Waals surface area contributed by atoms with E-state index in [0.717, 1.165) is 31.5 Å². The van der Waals surface area contributed by atoms with Crippen LogP contribution in [0, 0.1) is 0 Å². The number of amides is 1. The molecule has 1 aromatic rings. The zero-order valence-corrected chi connectivity index (χ0v) is 13.5. The van der Waals surface area contributed by atoms with E-state index in [2.05, 4.69) is 30.4 Å². The van der Waals surface area contributed by atoms with Crippen LogP contribution < -0.4 is 5.73 Å². The highest BCUT2D eigenvalue weighted by atomic mass is 32.1. The van der Waals surface area contributed by atoms with E-state index >= 15 is 0 Å². The van der Waals surface area contributed by atoms with Gasteiger partial charge in [-0.3, -0.25) is 4.79 Å². The zero-order valence-electron chi connectivity index (χ0n) is 12.7. The maximum absolute atomic E-state index is 12.8. The van der Waals surface area contributed by atoms with E-state index in [-0.39, 0.29) is 23.4 Å². The summed E-state index contributed by atoms with van der Waals surface area (Å²) in [5, 5.41) is 4.16. The SMILES string of the molecule is CC(N)C1CCCCN1C(=O)c1snnc1C(C)(C)C. The van der Waals surface area contributed by atoms with Crippen molar-refractivity contribution in [2.45, 2.75) is 64.5 Å². The Balaban J connectivity index is 2.28. The summed E-state index contributed by atoms with van der Waals surface area (Å²) in [5.74, 6) is 0.0481. The fourth-order valence-electron chi connectivity index (χ4n) is 2.71. The van der Waals surface area contributed by atoms with E-state index in [1.165, 1.54) is 11.5 Å². The first-order valence-electron chi connectivity index (χ1n) is 7.21. The predicted octanol–water partition coefficient (Wildman–Crippen LogP) is 2.18. The van der Waals surface area contributed by atoms with Crippen LogP contribution >= 0.6 is 11.5 Å². The predicted molar refractivity (Wildman–Crippen MR) is 80.9 cm³/mol. The van der Waals surface area contributed by atoms with Gasteiger partial charge in [-0.2, -0.15) is 0 Å². The van der Waals surface area contributed by atoms with Gasteiger partial charge in [0.2, 0.25) is 0 Å². The Kier molecular flexibility index (Phi) is 4.44. The first kappa shape index (κ1) is 15.4. The van der Waals surface area contributed by atoms with E-state index in [1.807, 2.05) is 11.8 Å². The molecule has 0 bridgehead atoms. The molecule has 2 N–H and O–H groups in total. The number of carbonyl (C=O) groups is 1. The van der Waals surface area contributed by atoms with Crippen molar-refractivity contribution < 1.29 is 4.79 Å². The third kappa shape index (κ3) is 3.01. The molecular formula is C14H24N4OS. The smallest absolute Gasteiger partial charge is 0.267 e. The van der Waals surface area contributed by atoms with E-state index in [9.17, 15) is 4.79 Å². The summed E-state index contributed by atoms with van der Waals surface area (Å²) >= 11 is 1.20. The van der Waals surface area contributed by atoms with Crippen LogP contribution in [0.4, 0.5) is 0 Å². The summed E-state index contributed by atoms with van der Waals surface area (Å²) in [4.78, 5) is 15.4. The van der Waals surface area contributed by atoms with Crippen LogP contribution in [0.15, 0.2) is 0 Å². The number of hydrogen-bond acceptors (Lipinski definition) is 5. The number of likely N-dealkylation sites (tertiary alicyclic amines) is 1. The molecule has 0 radical (unpaired) electrons. The molecule has 112 valence electrons. The third-order valence-corrected chi connectivity index (χ3v) is 4.52. The summed E-state index contributed by atoms with van der Waals surface area (Å²) in [6, 6.07) is 0.129. The number of piperidine rings is 1. The lowest BCUT2D eigenvalue weighted by molar-refractivity contribution is 0.0586. The zero-order chi connectivity index (χ0) is 14.9. The minimum absolute atomic E-state index is 0.00165. The number of hydrogen-bond donors (Lipinski definition) is 1. The van der Waals surface area contributed by atoms with Crippen LogP contribution in [-0.4, -0.2) is 39.0 Å². The Hall–Kier alpha value is -1.01. The van der Waals surface area contributed by atoms with Crippen molar-refractivity contribution >= 4 is 17.4 Å². The van der Waals surface area contributed by atoms with Crippen LogP contribution in [0.1, 0.15) is 62.3 Å². The first-order chi connectivity index (χ1) is 9.32. The molecule has 0 spiro atoms. The van der Waals surface area contributed by atoms with Crippen molar-refractivity contribution in [2.24, 2.45) is 5.73 Å². The van der Waals surface area contributed by atoms with Gasteiger partial charge >= 0.3 is 0 Å². The van der Waals surface area contributed by atoms with Crippen LogP contribution in [0.3, 0.4) is 0 Å². The van der Waals surface area contributed by atoms with Gasteiger partial charge in [-0.15, -0.1) is 5.10 Å². The Labute approximate surface area is 124 Å². The summed E-state index contributed by atoms with van der Waals surface area (Å²) in [5.41, 5.74) is 6.67. The standard InChI is InChI=1S/C14H24N4OS/c1-9(15)10-7-5-6-8-18(10)13(19)11-12(14(2,3)4)16-17-20-11/h9-10H,5-8,15H2,1-4H3. The van der Waals surface area contributed by atoms with E-state index in [0.29, 0.717) is 4.88 Å². The number of rotatable bonds is 2. The lowest BCUT2D eigenvalue weighted by Gasteiger charge is -2.38. The number of carbonyl (C=O) groups excluding carboxylic acids is 1. The second-order valence-electron chi connectivity index (χ2n) is 6.62. The first-order valence-corrected chi connectivity index (χ1v) is 7.99. The normalized spacial score (nSPS) is 21.9. The number of nitrogens with two attached hydrogens (primary N) is 1. The molecule has 1 aromatic heterocycles. The monoisotopic (exact) mass is 296 g/mol. The van der Waals surface area contributed by atoms with E-state index < -0.39 is 0 Å². The third-order valence-electron chi connectivity index (χ3n) is 3.81. The Morgan fingerprint density at radius 3 is 2.75 bits per heavy atom. The van der Waals surface area contributed by atoms with Gasteiger partial charge in [0.15, 0.2) is 0 Å². The molecule has 1 aliphatic heterocycles. The Morgan fingerprint density at radius 2 is 2.15 bits per heavy atom. The molecule has 2 unspecified atom stereocenters. The fourth-order valence-corrected chi connectivity index (χ4v) is 3.54. The number of aromatic nitrogens is 2. The Morgan fingerprint density at radius 1 is 1.45 bits per heavy atom. The Bertz CT molecular complexity index is 478. The molecular weight excluding hydrogens is 272 g/mol. The van der Waals surface area contributed by atoms with Crippen LogP contribution in [0.5, 0.6) is 0 Å². The number of nitrogens with zero attached hydrogens (tertiary/aromatic N) is 3. The summed E-state index contributed by atoms with van der Waals surface area (Å²) in [6.45, 7) is 8.93. The molecule has 2 atom stereocenters. The maximum atomic E-state index is 12.8. The second-order valence-corrected chi connectivity index (χ2v) is 7.38. The van der Waals surface area contributed by atoms with Crippen LogP contribution in [0.2, 0.25) is 0 Å². The molecule has 0 aliphatic carbocycles. The van der Waals surface area contributed by atoms with Crippen molar-refractivity contribution in [1.82, 2.24) is 14.5 Å². The van der Waals surface area contributed by atoms with Gasteiger partial charge in [-0.25, -0.2) is 0 Å². The second kappa shape index (κ2) is 5.77. The fraction of sp³-hybridized carbons (Fsp3) is 0.786. The molecule has 0 aromatic carbocycles. The molecule has 5 nitrogen and oxygen atoms in total. The van der Waals surface area contributed by atoms with E-state index in [1.54, 1.807) is 0 Å². The van der Waals surface area contributed by atoms with Gasteiger partial charge in [0.25, 0.3) is 5.91 Å². The lowest BCUT2D eigenvalue weighted by Crippen LogP contribution is -2.51. The molecule has 1 saturated heterocycles. The highest BCUT2D eigenvalue weighted by Crippen LogP contribution is 2.29. The topological polar surface area (TPSA) is 72.1 Å². The van der Waals surface area contributed by atoms with Crippen molar-refractivity contribution in [1.29, 1.82) is 0 Å². The average Bonchev–Trinajstić information content (AvgIpc) is 2.87. The summed E-state index contributed by atoms with van der Waals surface area (Å²) < 4.78 is 3.99. The van der Waals surface area contributed by atoms with Gasteiger partial charge in [-0.1, -0.05) is 25.3 Å². The van der Waals surface area contributed by atoms with Gasteiger partial charge < -0.3 is 10.6 Å². The van der Waals surface area contributed by atoms with Gasteiger partial charge in [-0.05, 0) is 37.7 Å². The van der Waals surface area contributed by atoms with Gasteiger partial charge in [0.05, 0.1) is 5.69 Å². The highest BCUT2D eigenvalue weighted by Gasteiger charge is 2.34. The molecule has 6 heteroatoms. The lowest BCUT2D eigenvalue weighted by atomic mass is 9.90. The molecule has 2 rings (SSSR count). The minimum atomic E-state index is -0.169. The molecule has 20 heavy (non-hydrogen) atoms. The van der Waals surface area contributed by atoms with Crippen molar-refractivity contribution in [3.63, 3.8) is 0 Å². The summed E-state index contributed by atoms with van der Waals surface area (Å²) in [7, 11) is 0. The van der Waals surface area contributed by atoms with Gasteiger partial charge in [0, 0.05) is 24.0 Å². The maximum Gasteiger partial charge on any atom is 0.267 e. The summed E-state index contributed by atoms with van der Waals surface area (Å²) in [6.07, 6.45) is 3.18. The van der Waals surface area contributed by atoms with Crippen molar-refractivity contribution in [2.75, 3.05) is 6.54 Å². The highest BCUT2D eigenvalue weighted by molar-refractivity contribution is 7.08. The minimum Gasteiger partial charge on any atom is -0.333 e. The van der Waals surface area contributed by atoms with Crippen molar-refractivity contribution in [3.05, 3.63) is 10.6 Å².